The molecule has 0 fully saturated rings. The average molecular weight is 264 g/mol. The smallest absolute Gasteiger partial charge is 0.119 e. The molecular weight excluding hydrogens is 236 g/mol. The largest absolute Gasteiger partial charge is 0.497 e. The number of likely N-dealkylation sites (N-methyl/N-ethyl adjacent to an activating group) is 1. The molecule has 0 bridgehead atoms. The van der Waals surface area contributed by atoms with Crippen LogP contribution in [-0.2, 0) is 0 Å². The van der Waals surface area contributed by atoms with Crippen LogP contribution in [0.15, 0.2) is 24.3 Å². The molecule has 2 atom stereocenters. The maximum absolute atomic E-state index is 5.31. The normalized spacial score (nSPS) is 14.4. The Morgan fingerprint density at radius 1 is 1.26 bits per heavy atom. The summed E-state index contributed by atoms with van der Waals surface area (Å²) in [5.41, 5.74) is 1.29. The van der Waals surface area contributed by atoms with Crippen LogP contribution in [0.1, 0.15) is 31.9 Å². The Morgan fingerprint density at radius 2 is 2.00 bits per heavy atom. The average Bonchev–Trinajstić information content (AvgIpc) is 2.42. The highest BCUT2D eigenvalue weighted by molar-refractivity contribution is 5.30. The summed E-state index contributed by atoms with van der Waals surface area (Å²) in [5, 5.41) is 3.57. The summed E-state index contributed by atoms with van der Waals surface area (Å²) in [6.45, 7) is 6.55. The number of methoxy groups -OCH3 is 1. The van der Waals surface area contributed by atoms with E-state index in [1.807, 2.05) is 6.07 Å². The van der Waals surface area contributed by atoms with E-state index in [1.54, 1.807) is 7.11 Å². The van der Waals surface area contributed by atoms with Crippen LogP contribution in [0.2, 0.25) is 0 Å². The lowest BCUT2D eigenvalue weighted by Gasteiger charge is -2.26. The topological polar surface area (TPSA) is 24.5 Å². The second kappa shape index (κ2) is 8.18. The van der Waals surface area contributed by atoms with Gasteiger partial charge in [-0.2, -0.15) is 0 Å². The number of hydrogen-bond acceptors (Lipinski definition) is 3. The van der Waals surface area contributed by atoms with E-state index in [-0.39, 0.29) is 0 Å². The molecule has 3 heteroatoms. The van der Waals surface area contributed by atoms with Gasteiger partial charge >= 0.3 is 0 Å². The fourth-order valence-corrected chi connectivity index (χ4v) is 2.06. The quantitative estimate of drug-likeness (QED) is 0.781. The van der Waals surface area contributed by atoms with E-state index in [0.29, 0.717) is 6.04 Å². The van der Waals surface area contributed by atoms with Gasteiger partial charge in [-0.25, -0.2) is 0 Å². The van der Waals surface area contributed by atoms with Crippen LogP contribution in [0.3, 0.4) is 0 Å². The van der Waals surface area contributed by atoms with Gasteiger partial charge in [-0.05, 0) is 44.3 Å². The van der Waals surface area contributed by atoms with E-state index in [4.69, 9.17) is 4.74 Å². The summed E-state index contributed by atoms with van der Waals surface area (Å²) in [6.07, 6.45) is 1.22. The fourth-order valence-electron chi connectivity index (χ4n) is 2.06. The van der Waals surface area contributed by atoms with Crippen molar-refractivity contribution in [1.82, 2.24) is 10.2 Å². The lowest BCUT2D eigenvalue weighted by atomic mass is 10.0. The van der Waals surface area contributed by atoms with Crippen LogP contribution in [0.5, 0.6) is 5.75 Å². The van der Waals surface area contributed by atoms with Gasteiger partial charge in [-0.3, -0.25) is 0 Å². The third-order valence-corrected chi connectivity index (χ3v) is 3.63. The van der Waals surface area contributed by atoms with Gasteiger partial charge in [0.15, 0.2) is 0 Å². The zero-order valence-electron chi connectivity index (χ0n) is 12.9. The molecule has 1 aromatic rings. The van der Waals surface area contributed by atoms with Crippen LogP contribution >= 0.6 is 0 Å². The lowest BCUT2D eigenvalue weighted by molar-refractivity contribution is 0.283. The molecule has 1 rings (SSSR count). The molecule has 3 nitrogen and oxygen atoms in total. The monoisotopic (exact) mass is 264 g/mol. The van der Waals surface area contributed by atoms with E-state index in [9.17, 15) is 0 Å². The number of nitrogens with one attached hydrogen (secondary N) is 1. The standard InChI is InChI=1S/C16H28N2O/c1-6-13(2)11-17-12-16(18(3)4)14-8-7-9-15(10-14)19-5/h7-10,13,16-17H,6,11-12H2,1-5H3. The Morgan fingerprint density at radius 3 is 2.58 bits per heavy atom. The highest BCUT2D eigenvalue weighted by Gasteiger charge is 2.14. The third kappa shape index (κ3) is 5.21. The minimum atomic E-state index is 0.374. The van der Waals surface area contributed by atoms with E-state index < -0.39 is 0 Å². The molecule has 2 unspecified atom stereocenters. The molecule has 1 aromatic carbocycles. The van der Waals surface area contributed by atoms with Gasteiger partial charge in [0.2, 0.25) is 0 Å². The van der Waals surface area contributed by atoms with Crippen molar-refractivity contribution in [3.8, 4) is 5.75 Å². The van der Waals surface area contributed by atoms with Crippen LogP contribution < -0.4 is 10.1 Å². The SMILES string of the molecule is CCC(C)CNCC(c1cccc(OC)c1)N(C)C. The second-order valence-electron chi connectivity index (χ2n) is 5.43. The van der Waals surface area contributed by atoms with E-state index in [1.165, 1.54) is 12.0 Å². The molecular formula is C16H28N2O. The van der Waals surface area contributed by atoms with Crippen molar-refractivity contribution >= 4 is 0 Å². The van der Waals surface area contributed by atoms with Crippen molar-refractivity contribution in [3.63, 3.8) is 0 Å². The van der Waals surface area contributed by atoms with Gasteiger partial charge in [0.1, 0.15) is 5.75 Å². The Bertz CT molecular complexity index is 366. The molecule has 0 radical (unpaired) electrons. The summed E-state index contributed by atoms with van der Waals surface area (Å²) in [5.74, 6) is 1.65. The molecule has 0 saturated heterocycles. The zero-order chi connectivity index (χ0) is 14.3. The van der Waals surface area contributed by atoms with Crippen molar-refractivity contribution in [3.05, 3.63) is 29.8 Å². The molecule has 19 heavy (non-hydrogen) atoms. The number of nitrogens with zero attached hydrogens (tertiary/aromatic N) is 1. The van der Waals surface area contributed by atoms with Crippen molar-refractivity contribution in [2.24, 2.45) is 5.92 Å². The molecule has 0 aliphatic heterocycles. The van der Waals surface area contributed by atoms with E-state index >= 15 is 0 Å². The number of ether oxygens (including phenoxy) is 1. The van der Waals surface area contributed by atoms with Crippen LogP contribution in [0.25, 0.3) is 0 Å². The number of benzene rings is 1. The Kier molecular flexibility index (Phi) is 6.89. The predicted octanol–water partition coefficient (Wildman–Crippen LogP) is 2.93. The molecule has 0 amide bonds. The first-order valence-corrected chi connectivity index (χ1v) is 7.09. The maximum atomic E-state index is 5.31. The first-order valence-electron chi connectivity index (χ1n) is 7.09. The third-order valence-electron chi connectivity index (χ3n) is 3.63. The minimum absolute atomic E-state index is 0.374. The van der Waals surface area contributed by atoms with Crippen LogP contribution in [0.4, 0.5) is 0 Å². The first-order chi connectivity index (χ1) is 9.08. The molecule has 108 valence electrons. The van der Waals surface area contributed by atoms with E-state index in [0.717, 1.165) is 24.8 Å². The molecule has 1 N–H and O–H groups in total. The summed E-state index contributed by atoms with van der Waals surface area (Å²) in [4.78, 5) is 2.25. The Labute approximate surface area is 118 Å². The predicted molar refractivity (Wildman–Crippen MR) is 81.7 cm³/mol. The second-order valence-corrected chi connectivity index (χ2v) is 5.43. The molecule has 0 aliphatic carbocycles. The summed E-state index contributed by atoms with van der Waals surface area (Å²) in [7, 11) is 5.95. The summed E-state index contributed by atoms with van der Waals surface area (Å²) in [6, 6.07) is 8.70. The van der Waals surface area contributed by atoms with Gasteiger partial charge in [-0.1, -0.05) is 32.4 Å². The highest BCUT2D eigenvalue weighted by Crippen LogP contribution is 2.22. The molecule has 0 spiro atoms. The lowest BCUT2D eigenvalue weighted by Crippen LogP contribution is -2.33. The van der Waals surface area contributed by atoms with Gasteiger partial charge < -0.3 is 15.0 Å². The number of hydrogen-bond donors (Lipinski definition) is 1. The molecule has 0 aromatic heterocycles. The Hall–Kier alpha value is -1.06. The molecule has 0 aliphatic rings. The van der Waals surface area contributed by atoms with Crippen LogP contribution in [-0.4, -0.2) is 39.2 Å². The van der Waals surface area contributed by atoms with Gasteiger partial charge in [0.25, 0.3) is 0 Å². The highest BCUT2D eigenvalue weighted by atomic mass is 16.5. The molecule has 0 saturated carbocycles. The van der Waals surface area contributed by atoms with Gasteiger partial charge in [-0.15, -0.1) is 0 Å². The summed E-state index contributed by atoms with van der Waals surface area (Å²) >= 11 is 0. The van der Waals surface area contributed by atoms with Crippen molar-refractivity contribution in [2.75, 3.05) is 34.3 Å². The van der Waals surface area contributed by atoms with Crippen LogP contribution in [0, 0.1) is 5.92 Å². The minimum Gasteiger partial charge on any atom is -0.497 e. The van der Waals surface area contributed by atoms with Crippen molar-refractivity contribution in [2.45, 2.75) is 26.3 Å². The van der Waals surface area contributed by atoms with Gasteiger partial charge in [0.05, 0.1) is 7.11 Å². The van der Waals surface area contributed by atoms with E-state index in [2.05, 4.69) is 56.4 Å². The van der Waals surface area contributed by atoms with Crippen molar-refractivity contribution in [1.29, 1.82) is 0 Å². The summed E-state index contributed by atoms with van der Waals surface area (Å²) < 4.78 is 5.31. The number of rotatable bonds is 8. The van der Waals surface area contributed by atoms with Crippen molar-refractivity contribution < 1.29 is 4.74 Å². The van der Waals surface area contributed by atoms with Gasteiger partial charge in [0, 0.05) is 12.6 Å². The fraction of sp³-hybridized carbons (Fsp3) is 0.625. The first kappa shape index (κ1) is 16.0. The molecule has 0 heterocycles. The zero-order valence-corrected chi connectivity index (χ0v) is 12.9. The Balaban J connectivity index is 2.66. The maximum Gasteiger partial charge on any atom is 0.119 e.